The number of hydrogen-bond acceptors (Lipinski definition) is 6. The number of hydrogen-bond donors (Lipinski definition) is 3. The highest BCUT2D eigenvalue weighted by molar-refractivity contribution is 6.19. The largest absolute Gasteiger partial charge is 0.378 e. The summed E-state index contributed by atoms with van der Waals surface area (Å²) in [5, 5.41) is 4.02. The molecule has 2 amide bonds. The van der Waals surface area contributed by atoms with E-state index in [0.29, 0.717) is 29.7 Å². The van der Waals surface area contributed by atoms with Crippen LogP contribution in [0.4, 0.5) is 15.8 Å². The number of aromatic nitrogens is 3. The van der Waals surface area contributed by atoms with Gasteiger partial charge in [-0.3, -0.25) is 14.6 Å². The van der Waals surface area contributed by atoms with Crippen molar-refractivity contribution in [2.75, 3.05) is 36.5 Å². The molecule has 39 heavy (non-hydrogen) atoms. The third-order valence-corrected chi connectivity index (χ3v) is 6.90. The molecule has 196 valence electrons. The first-order chi connectivity index (χ1) is 18.9. The molecule has 1 saturated heterocycles. The number of nitrogens with one attached hydrogen (secondary N) is 2. The summed E-state index contributed by atoms with van der Waals surface area (Å²) < 4.78 is 21.4. The van der Waals surface area contributed by atoms with Crippen LogP contribution in [0.2, 0.25) is 0 Å². The van der Waals surface area contributed by atoms with Crippen LogP contribution in [-0.4, -0.2) is 53.1 Å². The van der Waals surface area contributed by atoms with Gasteiger partial charge in [0.2, 0.25) is 0 Å². The minimum atomic E-state index is -0.696. The maximum Gasteiger partial charge on any atom is 0.274 e. The standard InChI is InChI=1S/C29H25FN6O3/c1-16-5-8-22(32-14-16)29(38)35-21-4-2-3-18(25(21)30)20-15-33-27(28(31)37)26-24(20)19-7-6-17(13-23(19)34-26)36-9-11-39-12-10-36/h2-8,13-15,34H,9-12H2,1H3,(H2,31,37)(H,35,38). The van der Waals surface area contributed by atoms with E-state index in [2.05, 4.69) is 25.2 Å². The lowest BCUT2D eigenvalue weighted by Crippen LogP contribution is -2.36. The summed E-state index contributed by atoms with van der Waals surface area (Å²) in [7, 11) is 0. The highest BCUT2D eigenvalue weighted by atomic mass is 19.1. The molecule has 0 bridgehead atoms. The van der Waals surface area contributed by atoms with Gasteiger partial charge in [-0.25, -0.2) is 9.37 Å². The number of anilines is 2. The maximum atomic E-state index is 15.9. The second-order valence-corrected chi connectivity index (χ2v) is 9.43. The average molecular weight is 525 g/mol. The molecule has 1 fully saturated rings. The molecule has 1 aliphatic heterocycles. The summed E-state index contributed by atoms with van der Waals surface area (Å²) >= 11 is 0. The van der Waals surface area contributed by atoms with Crippen molar-refractivity contribution in [3.63, 3.8) is 0 Å². The van der Waals surface area contributed by atoms with E-state index in [1.165, 1.54) is 12.3 Å². The number of H-pyrrole nitrogens is 1. The van der Waals surface area contributed by atoms with Gasteiger partial charge in [0.1, 0.15) is 5.69 Å². The number of nitrogens with zero attached hydrogens (tertiary/aromatic N) is 3. The van der Waals surface area contributed by atoms with Gasteiger partial charge in [-0.1, -0.05) is 24.3 Å². The van der Waals surface area contributed by atoms with Crippen molar-refractivity contribution >= 4 is 45.0 Å². The number of nitrogens with two attached hydrogens (primary N) is 1. The number of pyridine rings is 2. The fraction of sp³-hybridized carbons (Fsp3) is 0.172. The topological polar surface area (TPSA) is 126 Å². The number of carbonyl (C=O) groups is 2. The van der Waals surface area contributed by atoms with E-state index in [4.69, 9.17) is 10.5 Å². The molecule has 1 aliphatic rings. The zero-order valence-corrected chi connectivity index (χ0v) is 21.1. The Kier molecular flexibility index (Phi) is 6.16. The summed E-state index contributed by atoms with van der Waals surface area (Å²) in [5.74, 6) is -1.85. The number of rotatable bonds is 5. The number of aromatic amines is 1. The Morgan fingerprint density at radius 3 is 2.62 bits per heavy atom. The van der Waals surface area contributed by atoms with E-state index in [9.17, 15) is 9.59 Å². The molecule has 10 heteroatoms. The normalized spacial score (nSPS) is 13.6. The second kappa shape index (κ2) is 9.80. The highest BCUT2D eigenvalue weighted by Gasteiger charge is 2.22. The van der Waals surface area contributed by atoms with Crippen LogP contribution in [0.5, 0.6) is 0 Å². The second-order valence-electron chi connectivity index (χ2n) is 9.43. The van der Waals surface area contributed by atoms with Gasteiger partial charge < -0.3 is 25.7 Å². The average Bonchev–Trinajstić information content (AvgIpc) is 3.33. The molecule has 0 unspecified atom stereocenters. The van der Waals surface area contributed by atoms with Gasteiger partial charge in [-0.15, -0.1) is 0 Å². The molecule has 2 aromatic carbocycles. The molecule has 0 radical (unpaired) electrons. The van der Waals surface area contributed by atoms with Crippen LogP contribution in [0.3, 0.4) is 0 Å². The third kappa shape index (κ3) is 4.44. The molecular formula is C29H25FN6O3. The highest BCUT2D eigenvalue weighted by Crippen LogP contribution is 2.39. The van der Waals surface area contributed by atoms with Crippen molar-refractivity contribution in [3.8, 4) is 11.1 Å². The van der Waals surface area contributed by atoms with Gasteiger partial charge in [0, 0.05) is 58.6 Å². The number of carbonyl (C=O) groups excluding carboxylic acids is 2. The molecule has 0 aliphatic carbocycles. The van der Waals surface area contributed by atoms with Gasteiger partial charge in [0.25, 0.3) is 11.8 Å². The SMILES string of the molecule is Cc1ccc(C(=O)Nc2cccc(-c3cnc(C(N)=O)c4[nH]c5cc(N6CCOCC6)ccc5c34)c2F)nc1. The maximum absolute atomic E-state index is 15.9. The van der Waals surface area contributed by atoms with Crippen molar-refractivity contribution < 1.29 is 18.7 Å². The van der Waals surface area contributed by atoms with Crippen LogP contribution in [0.15, 0.2) is 60.9 Å². The lowest BCUT2D eigenvalue weighted by Gasteiger charge is -2.28. The van der Waals surface area contributed by atoms with Gasteiger partial charge in [-0.2, -0.15) is 0 Å². The molecule has 0 saturated carbocycles. The number of benzene rings is 2. The van der Waals surface area contributed by atoms with Crippen molar-refractivity contribution in [2.45, 2.75) is 6.92 Å². The Hall–Kier alpha value is -4.83. The van der Waals surface area contributed by atoms with E-state index in [0.717, 1.165) is 35.2 Å². The van der Waals surface area contributed by atoms with Crippen molar-refractivity contribution in [1.29, 1.82) is 0 Å². The molecule has 4 N–H and O–H groups in total. The van der Waals surface area contributed by atoms with Gasteiger partial charge in [-0.05, 0) is 36.8 Å². The van der Waals surface area contributed by atoms with E-state index < -0.39 is 17.6 Å². The zero-order chi connectivity index (χ0) is 27.1. The first-order valence-electron chi connectivity index (χ1n) is 12.5. The van der Waals surface area contributed by atoms with Crippen molar-refractivity contribution in [2.24, 2.45) is 5.73 Å². The van der Waals surface area contributed by atoms with Crippen molar-refractivity contribution in [1.82, 2.24) is 15.0 Å². The Balaban J connectivity index is 1.46. The van der Waals surface area contributed by atoms with Gasteiger partial charge >= 0.3 is 0 Å². The smallest absolute Gasteiger partial charge is 0.274 e. The molecule has 4 heterocycles. The molecule has 0 atom stereocenters. The van der Waals surface area contributed by atoms with E-state index in [-0.39, 0.29) is 22.6 Å². The number of primary amides is 1. The number of halogens is 1. The predicted molar refractivity (Wildman–Crippen MR) is 147 cm³/mol. The van der Waals surface area contributed by atoms with Crippen LogP contribution >= 0.6 is 0 Å². The Morgan fingerprint density at radius 1 is 1.05 bits per heavy atom. The van der Waals surface area contributed by atoms with Crippen LogP contribution in [0.25, 0.3) is 32.9 Å². The predicted octanol–water partition coefficient (Wildman–Crippen LogP) is 4.41. The monoisotopic (exact) mass is 524 g/mol. The lowest BCUT2D eigenvalue weighted by atomic mass is 9.99. The summed E-state index contributed by atoms with van der Waals surface area (Å²) in [6.45, 7) is 4.71. The minimum Gasteiger partial charge on any atom is -0.378 e. The van der Waals surface area contributed by atoms with Crippen molar-refractivity contribution in [3.05, 3.63) is 83.7 Å². The van der Waals surface area contributed by atoms with Gasteiger partial charge in [0.15, 0.2) is 11.5 Å². The van der Waals surface area contributed by atoms with Crippen LogP contribution < -0.4 is 16.0 Å². The zero-order valence-electron chi connectivity index (χ0n) is 21.1. The van der Waals surface area contributed by atoms with Crippen LogP contribution in [0.1, 0.15) is 26.5 Å². The fourth-order valence-electron chi connectivity index (χ4n) is 4.94. The van der Waals surface area contributed by atoms with Crippen LogP contribution in [-0.2, 0) is 4.74 Å². The summed E-state index contributed by atoms with van der Waals surface area (Å²) in [4.78, 5) is 38.9. The first-order valence-corrected chi connectivity index (χ1v) is 12.5. The molecule has 5 aromatic rings. The number of amides is 2. The lowest BCUT2D eigenvalue weighted by molar-refractivity contribution is 0.0994. The quantitative estimate of drug-likeness (QED) is 0.313. The number of fused-ring (bicyclic) bond motifs is 3. The van der Waals surface area contributed by atoms with Gasteiger partial charge in [0.05, 0.1) is 24.4 Å². The molecule has 6 rings (SSSR count). The van der Waals surface area contributed by atoms with E-state index >= 15 is 4.39 Å². The van der Waals surface area contributed by atoms with E-state index in [1.54, 1.807) is 30.5 Å². The Morgan fingerprint density at radius 2 is 1.87 bits per heavy atom. The summed E-state index contributed by atoms with van der Waals surface area (Å²) in [6.07, 6.45) is 3.02. The molecule has 0 spiro atoms. The molecular weight excluding hydrogens is 499 g/mol. The van der Waals surface area contributed by atoms with Crippen LogP contribution in [0, 0.1) is 12.7 Å². The summed E-state index contributed by atoms with van der Waals surface area (Å²) in [5.41, 5.74) is 9.66. The number of aryl methyl sites for hydroxylation is 1. The first kappa shape index (κ1) is 24.5. The Labute approximate surface area is 222 Å². The number of morpholine rings is 1. The summed E-state index contributed by atoms with van der Waals surface area (Å²) in [6, 6.07) is 14.0. The van der Waals surface area contributed by atoms with E-state index in [1.807, 2.05) is 25.1 Å². The number of ether oxygens (including phenoxy) is 1. The Bertz CT molecular complexity index is 1740. The fourth-order valence-corrected chi connectivity index (χ4v) is 4.94. The third-order valence-electron chi connectivity index (χ3n) is 6.90. The minimum absolute atomic E-state index is 0.00134. The molecule has 9 nitrogen and oxygen atoms in total. The molecule has 3 aromatic heterocycles.